The number of rotatable bonds is 2. The van der Waals surface area contributed by atoms with E-state index in [0.717, 1.165) is 12.1 Å². The molecule has 1 saturated heterocycles. The zero-order valence-electron chi connectivity index (χ0n) is 13.3. The number of carbonyl (C=O) groups is 1. The van der Waals surface area contributed by atoms with Crippen LogP contribution in [0.3, 0.4) is 0 Å². The van der Waals surface area contributed by atoms with E-state index in [9.17, 15) is 9.82 Å². The quantitative estimate of drug-likeness (QED) is 0.799. The van der Waals surface area contributed by atoms with Crippen molar-refractivity contribution in [2.45, 2.75) is 12.6 Å². The van der Waals surface area contributed by atoms with E-state index in [4.69, 9.17) is 4.65 Å². The van der Waals surface area contributed by atoms with Crippen molar-refractivity contribution in [3.8, 4) is 0 Å². The van der Waals surface area contributed by atoms with Gasteiger partial charge in [-0.3, -0.25) is 4.79 Å². The number of nitrogens with one attached hydrogen (secondary N) is 1. The van der Waals surface area contributed by atoms with Gasteiger partial charge in [-0.2, -0.15) is 0 Å². The van der Waals surface area contributed by atoms with Crippen LogP contribution in [0.5, 0.6) is 0 Å². The summed E-state index contributed by atoms with van der Waals surface area (Å²) < 4.78 is 5.20. The third-order valence-electron chi connectivity index (χ3n) is 4.72. The van der Waals surface area contributed by atoms with Crippen molar-refractivity contribution in [2.75, 3.05) is 19.6 Å². The molecule has 0 aliphatic carbocycles. The van der Waals surface area contributed by atoms with Crippen molar-refractivity contribution in [3.05, 3.63) is 65.2 Å². The molecule has 2 aromatic carbocycles. The van der Waals surface area contributed by atoms with Crippen LogP contribution >= 0.6 is 0 Å². The molecule has 24 heavy (non-hydrogen) atoms. The summed E-state index contributed by atoms with van der Waals surface area (Å²) in [6.07, 6.45) is 0. The lowest BCUT2D eigenvalue weighted by atomic mass is 9.78. The Bertz CT molecular complexity index is 753. The number of amides is 1. The van der Waals surface area contributed by atoms with Crippen LogP contribution in [0, 0.1) is 0 Å². The van der Waals surface area contributed by atoms with Gasteiger partial charge >= 0.3 is 7.12 Å². The third-order valence-corrected chi connectivity index (χ3v) is 4.72. The minimum absolute atomic E-state index is 0.000619. The largest absolute Gasteiger partial charge is 0.491 e. The fourth-order valence-electron chi connectivity index (χ4n) is 3.37. The van der Waals surface area contributed by atoms with Crippen molar-refractivity contribution in [1.29, 1.82) is 0 Å². The molecule has 1 atom stereocenters. The molecule has 0 spiro atoms. The topological polar surface area (TPSA) is 61.8 Å². The average Bonchev–Trinajstić information content (AvgIpc) is 3.02. The van der Waals surface area contributed by atoms with E-state index in [1.54, 1.807) is 6.07 Å². The second kappa shape index (κ2) is 6.40. The standard InChI is InChI=1S/C18H19BN2O3/c22-18(14-6-7-15-12-24-19(23)16(15)10-14)21-9-8-20-17(11-21)13-4-2-1-3-5-13/h1-7,10,17,20,23H,8-9,11-12H2/t17-/m0/s1. The van der Waals surface area contributed by atoms with Crippen LogP contribution in [-0.4, -0.2) is 42.6 Å². The predicted octanol–water partition coefficient (Wildman–Crippen LogP) is 0.691. The summed E-state index contributed by atoms with van der Waals surface area (Å²) in [5.41, 5.74) is 3.44. The molecule has 0 bridgehead atoms. The van der Waals surface area contributed by atoms with Gasteiger partial charge in [0.2, 0.25) is 0 Å². The molecular weight excluding hydrogens is 303 g/mol. The maximum Gasteiger partial charge on any atom is 0.491 e. The minimum Gasteiger partial charge on any atom is -0.423 e. The van der Waals surface area contributed by atoms with Gasteiger partial charge in [-0.25, -0.2) is 0 Å². The predicted molar refractivity (Wildman–Crippen MR) is 91.9 cm³/mol. The Morgan fingerprint density at radius 3 is 2.92 bits per heavy atom. The van der Waals surface area contributed by atoms with Crippen molar-refractivity contribution >= 4 is 18.5 Å². The van der Waals surface area contributed by atoms with Crippen LogP contribution in [0.4, 0.5) is 0 Å². The second-order valence-electron chi connectivity index (χ2n) is 6.25. The van der Waals surface area contributed by atoms with Crippen LogP contribution in [0.2, 0.25) is 0 Å². The van der Waals surface area contributed by atoms with Crippen LogP contribution in [0.25, 0.3) is 0 Å². The molecule has 4 rings (SSSR count). The van der Waals surface area contributed by atoms with E-state index < -0.39 is 7.12 Å². The molecule has 1 fully saturated rings. The Labute approximate surface area is 141 Å². The van der Waals surface area contributed by atoms with Gasteiger partial charge < -0.3 is 19.9 Å². The highest BCUT2D eigenvalue weighted by Crippen LogP contribution is 2.19. The first-order valence-corrected chi connectivity index (χ1v) is 8.22. The van der Waals surface area contributed by atoms with E-state index in [0.29, 0.717) is 30.7 Å². The SMILES string of the molecule is O=C(c1ccc2c(c1)B(O)OC2)N1CCN[C@H](c2ccccc2)C1. The first kappa shape index (κ1) is 15.4. The maximum atomic E-state index is 12.9. The minimum atomic E-state index is -0.923. The van der Waals surface area contributed by atoms with Gasteiger partial charge in [0.15, 0.2) is 0 Å². The molecule has 0 saturated carbocycles. The molecule has 6 heteroatoms. The van der Waals surface area contributed by atoms with Crippen LogP contribution in [-0.2, 0) is 11.3 Å². The monoisotopic (exact) mass is 322 g/mol. The molecule has 2 aromatic rings. The Kier molecular flexibility index (Phi) is 4.10. The van der Waals surface area contributed by atoms with Gasteiger partial charge in [-0.15, -0.1) is 0 Å². The van der Waals surface area contributed by atoms with E-state index in [1.165, 1.54) is 5.56 Å². The van der Waals surface area contributed by atoms with Crippen molar-refractivity contribution in [3.63, 3.8) is 0 Å². The number of fused-ring (bicyclic) bond motifs is 1. The second-order valence-corrected chi connectivity index (χ2v) is 6.25. The molecule has 2 N–H and O–H groups in total. The van der Waals surface area contributed by atoms with Crippen LogP contribution in [0.15, 0.2) is 48.5 Å². The Balaban J connectivity index is 1.53. The average molecular weight is 322 g/mol. The highest BCUT2D eigenvalue weighted by molar-refractivity contribution is 6.61. The van der Waals surface area contributed by atoms with Crippen LogP contribution in [0.1, 0.15) is 27.5 Å². The number of benzene rings is 2. The van der Waals surface area contributed by atoms with Gasteiger partial charge in [-0.1, -0.05) is 36.4 Å². The van der Waals surface area contributed by atoms with Gasteiger partial charge in [0.25, 0.3) is 5.91 Å². The smallest absolute Gasteiger partial charge is 0.423 e. The summed E-state index contributed by atoms with van der Waals surface area (Å²) in [6.45, 7) is 2.48. The summed E-state index contributed by atoms with van der Waals surface area (Å²) in [7, 11) is -0.923. The molecule has 2 aliphatic rings. The van der Waals surface area contributed by atoms with E-state index in [2.05, 4.69) is 17.4 Å². The lowest BCUT2D eigenvalue weighted by molar-refractivity contribution is 0.0703. The molecule has 2 aliphatic heterocycles. The molecule has 5 nitrogen and oxygen atoms in total. The van der Waals surface area contributed by atoms with Gasteiger partial charge in [-0.05, 0) is 28.7 Å². The Morgan fingerprint density at radius 1 is 1.25 bits per heavy atom. The molecular formula is C18H19BN2O3. The highest BCUT2D eigenvalue weighted by atomic mass is 16.5. The van der Waals surface area contributed by atoms with Crippen molar-refractivity contribution < 1.29 is 14.5 Å². The van der Waals surface area contributed by atoms with Crippen molar-refractivity contribution in [1.82, 2.24) is 10.2 Å². The normalized spacial score (nSPS) is 20.1. The first-order valence-electron chi connectivity index (χ1n) is 8.22. The molecule has 0 unspecified atom stereocenters. The van der Waals surface area contributed by atoms with E-state index in [-0.39, 0.29) is 11.9 Å². The van der Waals surface area contributed by atoms with E-state index >= 15 is 0 Å². The Hall–Kier alpha value is -2.15. The zero-order chi connectivity index (χ0) is 16.5. The number of carbonyl (C=O) groups excluding carboxylic acids is 1. The molecule has 2 heterocycles. The third kappa shape index (κ3) is 2.84. The fourth-order valence-corrected chi connectivity index (χ4v) is 3.37. The van der Waals surface area contributed by atoms with Gasteiger partial charge in [0.05, 0.1) is 6.61 Å². The van der Waals surface area contributed by atoms with E-state index in [1.807, 2.05) is 35.2 Å². The first-order chi connectivity index (χ1) is 11.7. The number of hydrogen-bond acceptors (Lipinski definition) is 4. The number of nitrogens with zero attached hydrogens (tertiary/aromatic N) is 1. The summed E-state index contributed by atoms with van der Waals surface area (Å²) in [5, 5.41) is 13.3. The zero-order valence-corrected chi connectivity index (χ0v) is 13.3. The fraction of sp³-hybridized carbons (Fsp3) is 0.278. The lowest BCUT2D eigenvalue weighted by Gasteiger charge is -2.34. The van der Waals surface area contributed by atoms with Gasteiger partial charge in [0, 0.05) is 31.2 Å². The summed E-state index contributed by atoms with van der Waals surface area (Å²) in [6, 6.07) is 15.8. The number of piperazine rings is 1. The van der Waals surface area contributed by atoms with Crippen LogP contribution < -0.4 is 10.8 Å². The lowest BCUT2D eigenvalue weighted by Crippen LogP contribution is -2.48. The highest BCUT2D eigenvalue weighted by Gasteiger charge is 2.30. The Morgan fingerprint density at radius 2 is 2.08 bits per heavy atom. The molecule has 1 amide bonds. The maximum absolute atomic E-state index is 12.9. The van der Waals surface area contributed by atoms with Gasteiger partial charge in [0.1, 0.15) is 0 Å². The summed E-state index contributed by atoms with van der Waals surface area (Å²) in [4.78, 5) is 14.7. The summed E-state index contributed by atoms with van der Waals surface area (Å²) in [5.74, 6) is -0.000619. The molecule has 0 radical (unpaired) electrons. The van der Waals surface area contributed by atoms with Crippen molar-refractivity contribution in [2.24, 2.45) is 0 Å². The summed E-state index contributed by atoms with van der Waals surface area (Å²) >= 11 is 0. The number of hydrogen-bond donors (Lipinski definition) is 2. The molecule has 122 valence electrons. The molecule has 0 aromatic heterocycles.